The summed E-state index contributed by atoms with van der Waals surface area (Å²) in [7, 11) is 0. The van der Waals surface area contributed by atoms with E-state index < -0.39 is 0 Å². The summed E-state index contributed by atoms with van der Waals surface area (Å²) >= 11 is 5.86. The molecule has 0 unspecified atom stereocenters. The summed E-state index contributed by atoms with van der Waals surface area (Å²) in [6.45, 7) is 4.18. The average Bonchev–Trinajstić information content (AvgIpc) is 2.25. The molecule has 2 N–H and O–H groups in total. The molecular formula is C11H16ClNO2. The van der Waals surface area contributed by atoms with Crippen LogP contribution in [0.5, 0.6) is 5.75 Å². The Morgan fingerprint density at radius 1 is 1.33 bits per heavy atom. The lowest BCUT2D eigenvalue weighted by atomic mass is 10.2. The van der Waals surface area contributed by atoms with Crippen molar-refractivity contribution in [3.63, 3.8) is 0 Å². The molecule has 4 heteroatoms. The maximum Gasteiger partial charge on any atom is 0.125 e. The van der Waals surface area contributed by atoms with E-state index in [0.29, 0.717) is 31.4 Å². The van der Waals surface area contributed by atoms with Crippen molar-refractivity contribution in [3.8, 4) is 5.75 Å². The summed E-state index contributed by atoms with van der Waals surface area (Å²) in [5.74, 6) is 0.740. The van der Waals surface area contributed by atoms with E-state index in [1.165, 1.54) is 0 Å². The molecule has 1 rings (SSSR count). The molecule has 0 saturated heterocycles. The van der Waals surface area contributed by atoms with Gasteiger partial charge in [0.15, 0.2) is 0 Å². The van der Waals surface area contributed by atoms with E-state index in [2.05, 4.69) is 0 Å². The number of ether oxygens (including phenoxy) is 2. The summed E-state index contributed by atoms with van der Waals surface area (Å²) in [5, 5.41) is 0.651. The highest BCUT2D eigenvalue weighted by atomic mass is 35.5. The van der Waals surface area contributed by atoms with E-state index in [4.69, 9.17) is 26.8 Å². The molecule has 0 atom stereocenters. The molecular weight excluding hydrogens is 214 g/mol. The van der Waals surface area contributed by atoms with Crippen LogP contribution in [0.25, 0.3) is 0 Å². The predicted octanol–water partition coefficient (Wildman–Crippen LogP) is 2.21. The predicted molar refractivity (Wildman–Crippen MR) is 61.3 cm³/mol. The van der Waals surface area contributed by atoms with Crippen molar-refractivity contribution >= 4 is 11.6 Å². The van der Waals surface area contributed by atoms with Gasteiger partial charge in [-0.1, -0.05) is 17.7 Å². The Kier molecular flexibility index (Phi) is 5.47. The van der Waals surface area contributed by atoms with Crippen molar-refractivity contribution in [2.75, 3.05) is 19.8 Å². The minimum absolute atomic E-state index is 0.446. The zero-order valence-electron chi connectivity index (χ0n) is 8.83. The smallest absolute Gasteiger partial charge is 0.125 e. The number of halogens is 1. The van der Waals surface area contributed by atoms with Gasteiger partial charge in [-0.2, -0.15) is 0 Å². The summed E-state index contributed by atoms with van der Waals surface area (Å²) in [4.78, 5) is 0. The van der Waals surface area contributed by atoms with Gasteiger partial charge in [-0.25, -0.2) is 0 Å². The first kappa shape index (κ1) is 12.3. The zero-order valence-corrected chi connectivity index (χ0v) is 9.59. The number of hydrogen-bond acceptors (Lipinski definition) is 3. The van der Waals surface area contributed by atoms with E-state index in [1.807, 2.05) is 13.0 Å². The minimum Gasteiger partial charge on any atom is -0.491 e. The number of benzene rings is 1. The molecule has 0 bridgehead atoms. The fourth-order valence-corrected chi connectivity index (χ4v) is 1.35. The van der Waals surface area contributed by atoms with Crippen LogP contribution in [0.2, 0.25) is 5.02 Å². The van der Waals surface area contributed by atoms with Crippen LogP contribution >= 0.6 is 11.6 Å². The minimum atomic E-state index is 0.446. The van der Waals surface area contributed by atoms with E-state index in [0.717, 1.165) is 11.3 Å². The molecule has 1 aromatic rings. The third kappa shape index (κ3) is 4.08. The number of rotatable bonds is 6. The van der Waals surface area contributed by atoms with Crippen LogP contribution in [0.15, 0.2) is 18.2 Å². The molecule has 84 valence electrons. The quantitative estimate of drug-likeness (QED) is 0.761. The lowest BCUT2D eigenvalue weighted by molar-refractivity contribution is 0.110. The van der Waals surface area contributed by atoms with E-state index in [9.17, 15) is 0 Å². The van der Waals surface area contributed by atoms with Gasteiger partial charge in [0, 0.05) is 23.7 Å². The molecule has 0 saturated carbocycles. The molecule has 0 fully saturated rings. The highest BCUT2D eigenvalue weighted by molar-refractivity contribution is 6.30. The highest BCUT2D eigenvalue weighted by Crippen LogP contribution is 2.22. The maximum atomic E-state index is 5.86. The Morgan fingerprint density at radius 3 is 2.80 bits per heavy atom. The first-order valence-corrected chi connectivity index (χ1v) is 5.34. The zero-order chi connectivity index (χ0) is 11.1. The lowest BCUT2D eigenvalue weighted by Gasteiger charge is -2.10. The van der Waals surface area contributed by atoms with Gasteiger partial charge in [-0.05, 0) is 19.1 Å². The molecule has 0 radical (unpaired) electrons. The van der Waals surface area contributed by atoms with Gasteiger partial charge in [0.1, 0.15) is 12.4 Å². The van der Waals surface area contributed by atoms with Crippen LogP contribution in [-0.2, 0) is 11.3 Å². The van der Waals surface area contributed by atoms with Crippen LogP contribution in [0, 0.1) is 0 Å². The molecule has 3 nitrogen and oxygen atoms in total. The molecule has 1 aromatic carbocycles. The Morgan fingerprint density at radius 2 is 2.13 bits per heavy atom. The summed E-state index contributed by atoms with van der Waals surface area (Å²) in [6.07, 6.45) is 0. The fourth-order valence-electron chi connectivity index (χ4n) is 1.19. The normalized spacial score (nSPS) is 10.3. The monoisotopic (exact) mass is 229 g/mol. The third-order valence-electron chi connectivity index (χ3n) is 1.94. The van der Waals surface area contributed by atoms with Crippen molar-refractivity contribution < 1.29 is 9.47 Å². The van der Waals surface area contributed by atoms with Crippen LogP contribution in [0.3, 0.4) is 0 Å². The Bertz CT molecular complexity index is 305. The second-order valence-electron chi connectivity index (χ2n) is 3.00. The molecule has 0 aromatic heterocycles. The SMILES string of the molecule is CCOCCOc1cc(Cl)ccc1CN. The molecule has 0 aliphatic carbocycles. The number of nitrogens with two attached hydrogens (primary N) is 1. The molecule has 0 aliphatic rings. The van der Waals surface area contributed by atoms with Crippen LogP contribution in [0.1, 0.15) is 12.5 Å². The summed E-state index contributed by atoms with van der Waals surface area (Å²) < 4.78 is 10.7. The molecule has 0 aliphatic heterocycles. The van der Waals surface area contributed by atoms with Gasteiger partial charge < -0.3 is 15.2 Å². The van der Waals surface area contributed by atoms with Crippen LogP contribution in [0.4, 0.5) is 0 Å². The van der Waals surface area contributed by atoms with Gasteiger partial charge in [0.05, 0.1) is 6.61 Å². The number of hydrogen-bond donors (Lipinski definition) is 1. The second kappa shape index (κ2) is 6.67. The summed E-state index contributed by atoms with van der Waals surface area (Å²) in [5.41, 5.74) is 6.53. The van der Waals surface area contributed by atoms with Gasteiger partial charge in [-0.3, -0.25) is 0 Å². The Balaban J connectivity index is 2.54. The average molecular weight is 230 g/mol. The van der Waals surface area contributed by atoms with Crippen molar-refractivity contribution in [3.05, 3.63) is 28.8 Å². The molecule has 15 heavy (non-hydrogen) atoms. The second-order valence-corrected chi connectivity index (χ2v) is 3.44. The molecule has 0 heterocycles. The summed E-state index contributed by atoms with van der Waals surface area (Å²) in [6, 6.07) is 5.45. The van der Waals surface area contributed by atoms with E-state index in [1.54, 1.807) is 12.1 Å². The molecule has 0 spiro atoms. The van der Waals surface area contributed by atoms with Gasteiger partial charge >= 0.3 is 0 Å². The standard InChI is InChI=1S/C11H16ClNO2/c1-2-14-5-6-15-11-7-10(12)4-3-9(11)8-13/h3-4,7H,2,5-6,8,13H2,1H3. The van der Waals surface area contributed by atoms with E-state index in [-0.39, 0.29) is 0 Å². The lowest BCUT2D eigenvalue weighted by Crippen LogP contribution is -2.08. The highest BCUT2D eigenvalue weighted by Gasteiger charge is 2.02. The molecule has 0 amide bonds. The van der Waals surface area contributed by atoms with Crippen molar-refractivity contribution in [1.29, 1.82) is 0 Å². The van der Waals surface area contributed by atoms with Crippen molar-refractivity contribution in [2.45, 2.75) is 13.5 Å². The third-order valence-corrected chi connectivity index (χ3v) is 2.17. The van der Waals surface area contributed by atoms with Crippen molar-refractivity contribution in [1.82, 2.24) is 0 Å². The maximum absolute atomic E-state index is 5.86. The van der Waals surface area contributed by atoms with Gasteiger partial charge in [-0.15, -0.1) is 0 Å². The van der Waals surface area contributed by atoms with Crippen molar-refractivity contribution in [2.24, 2.45) is 5.73 Å². The first-order valence-electron chi connectivity index (χ1n) is 4.97. The first-order chi connectivity index (χ1) is 7.27. The van der Waals surface area contributed by atoms with Crippen LogP contribution in [-0.4, -0.2) is 19.8 Å². The largest absolute Gasteiger partial charge is 0.491 e. The fraction of sp³-hybridized carbons (Fsp3) is 0.455. The van der Waals surface area contributed by atoms with Crippen LogP contribution < -0.4 is 10.5 Å². The van der Waals surface area contributed by atoms with E-state index >= 15 is 0 Å². The van der Waals surface area contributed by atoms with Gasteiger partial charge in [0.2, 0.25) is 0 Å². The topological polar surface area (TPSA) is 44.5 Å². The Labute approximate surface area is 95.1 Å². The van der Waals surface area contributed by atoms with Gasteiger partial charge in [0.25, 0.3) is 0 Å². The Hall–Kier alpha value is -0.770.